The first kappa shape index (κ1) is 4.03. The fraction of sp³-hybridized carbons (Fsp3) is 0. The van der Waals surface area contributed by atoms with E-state index in [1.807, 2.05) is 6.20 Å². The second-order valence-corrected chi connectivity index (χ2v) is 0.440. The van der Waals surface area contributed by atoms with Gasteiger partial charge < -0.3 is 5.73 Å². The van der Waals surface area contributed by atoms with Crippen molar-refractivity contribution in [3.63, 3.8) is 0 Å². The molecule has 0 bridgehead atoms. The summed E-state index contributed by atoms with van der Waals surface area (Å²) in [4.78, 5) is 0. The highest BCUT2D eigenvalue weighted by molar-refractivity contribution is 4.94. The molecular weight excluding hydrogens is 64.0 g/mol. The molecule has 0 aromatic carbocycles. The van der Waals surface area contributed by atoms with Gasteiger partial charge in [-0.15, -0.1) is 0 Å². The van der Waals surface area contributed by atoms with Gasteiger partial charge in [0.25, 0.3) is 0 Å². The highest BCUT2D eigenvalue weighted by atomic mass is 14.5. The molecule has 0 aliphatic carbocycles. The predicted octanol–water partition coefficient (Wildman–Crippen LogP) is -0.214. The predicted molar refractivity (Wildman–Crippen MR) is 17.6 cm³/mol. The van der Waals surface area contributed by atoms with Crippen LogP contribution in [0.3, 0.4) is 0 Å². The molecule has 1 radical (unpaired) electrons. The van der Waals surface area contributed by atoms with Crippen LogP contribution in [0.5, 0.6) is 0 Å². The Hall–Kier alpha value is -0.970. The zero-order valence-corrected chi connectivity index (χ0v) is 2.60. The van der Waals surface area contributed by atoms with E-state index < -0.39 is 0 Å². The summed E-state index contributed by atoms with van der Waals surface area (Å²) in [7, 11) is 0. The van der Waals surface area contributed by atoms with E-state index in [2.05, 4.69) is 5.73 Å². The van der Waals surface area contributed by atoms with Crippen LogP contribution >= 0.6 is 0 Å². The number of rotatable bonds is 0. The van der Waals surface area contributed by atoms with Crippen LogP contribution in [-0.4, -0.2) is 0 Å². The number of allylic oxidation sites excluding steroid dienone is 1. The van der Waals surface area contributed by atoms with Gasteiger partial charge in [-0.1, -0.05) is 0 Å². The molecule has 0 aliphatic heterocycles. The summed E-state index contributed by atoms with van der Waals surface area (Å²) in [6.07, 6.45) is 3.11. The topological polar surface area (TPSA) is 49.8 Å². The molecule has 2 N–H and O–H groups in total. The third kappa shape index (κ3) is 3.03. The molecule has 2 heteroatoms. The molecule has 0 unspecified atom stereocenters. The first-order valence-electron chi connectivity index (χ1n) is 1.09. The van der Waals surface area contributed by atoms with Gasteiger partial charge in [0, 0.05) is 6.08 Å². The van der Waals surface area contributed by atoms with E-state index in [0.717, 1.165) is 6.08 Å². The Morgan fingerprint density at radius 2 is 2.40 bits per heavy atom. The molecule has 0 spiro atoms. The molecule has 0 fully saturated rings. The number of hydrogen-bond acceptors (Lipinski definition) is 2. The minimum atomic E-state index is 1.08. The Balaban J connectivity index is 3.04. The van der Waals surface area contributed by atoms with Crippen molar-refractivity contribution in [1.82, 2.24) is 0 Å². The van der Waals surface area contributed by atoms with Crippen LogP contribution in [0.4, 0.5) is 0 Å². The first-order valence-corrected chi connectivity index (χ1v) is 1.09. The fourth-order valence-corrected chi connectivity index (χ4v) is 0.0373. The lowest BCUT2D eigenvalue weighted by Crippen LogP contribution is -1.73. The smallest absolute Gasteiger partial charge is 0.0934 e. The van der Waals surface area contributed by atoms with Crippen molar-refractivity contribution in [2.24, 2.45) is 5.73 Å². The molecule has 0 amide bonds. The standard InChI is InChI=1S/C3H3N2/c4-2-1-3-5/h1H,4H2. The second kappa shape index (κ2) is 3.03. The summed E-state index contributed by atoms with van der Waals surface area (Å²) < 4.78 is 0. The molecular formula is C3H3N2. The average molecular weight is 67.1 g/mol. The average Bonchev–Trinajstić information content (AvgIpc) is 1.41. The van der Waals surface area contributed by atoms with Crippen molar-refractivity contribution in [3.8, 4) is 6.07 Å². The van der Waals surface area contributed by atoms with Crippen LogP contribution in [0.1, 0.15) is 0 Å². The van der Waals surface area contributed by atoms with Crippen molar-refractivity contribution in [2.45, 2.75) is 0 Å². The molecule has 2 nitrogen and oxygen atoms in total. The van der Waals surface area contributed by atoms with Crippen molar-refractivity contribution in [1.29, 1.82) is 5.26 Å². The molecule has 0 aliphatic rings. The maximum atomic E-state index is 7.62. The van der Waals surface area contributed by atoms with Crippen LogP contribution in [0.25, 0.3) is 0 Å². The molecule has 25 valence electrons. The molecule has 0 heterocycles. The van der Waals surface area contributed by atoms with Gasteiger partial charge in [0.15, 0.2) is 0 Å². The zero-order valence-electron chi connectivity index (χ0n) is 2.60. The highest BCUT2D eigenvalue weighted by Crippen LogP contribution is 1.47. The summed E-state index contributed by atoms with van der Waals surface area (Å²) in [6, 6.07) is 1.66. The maximum Gasteiger partial charge on any atom is 0.0934 e. The molecule has 0 aromatic heterocycles. The monoisotopic (exact) mass is 67.0 g/mol. The van der Waals surface area contributed by atoms with Gasteiger partial charge in [0.2, 0.25) is 0 Å². The van der Waals surface area contributed by atoms with E-state index in [-0.39, 0.29) is 0 Å². The van der Waals surface area contributed by atoms with Crippen molar-refractivity contribution in [2.75, 3.05) is 0 Å². The van der Waals surface area contributed by atoms with Gasteiger partial charge in [0.1, 0.15) is 0 Å². The second-order valence-electron chi connectivity index (χ2n) is 0.440. The third-order valence-corrected chi connectivity index (χ3v) is 0.148. The van der Waals surface area contributed by atoms with Gasteiger partial charge in [-0.3, -0.25) is 0 Å². The maximum absolute atomic E-state index is 7.62. The van der Waals surface area contributed by atoms with Crippen molar-refractivity contribution < 1.29 is 0 Å². The SMILES string of the molecule is N#C/C=[C]\N. The lowest BCUT2D eigenvalue weighted by Gasteiger charge is -1.49. The van der Waals surface area contributed by atoms with E-state index in [1.54, 1.807) is 6.07 Å². The van der Waals surface area contributed by atoms with Crippen LogP contribution in [-0.2, 0) is 0 Å². The van der Waals surface area contributed by atoms with Crippen molar-refractivity contribution >= 4 is 0 Å². The molecule has 0 saturated carbocycles. The number of nitriles is 1. The van der Waals surface area contributed by atoms with E-state index in [0.29, 0.717) is 0 Å². The van der Waals surface area contributed by atoms with E-state index in [9.17, 15) is 0 Å². The Morgan fingerprint density at radius 3 is 2.40 bits per heavy atom. The zero-order chi connectivity index (χ0) is 4.12. The van der Waals surface area contributed by atoms with E-state index in [1.165, 1.54) is 0 Å². The molecule has 0 rings (SSSR count). The van der Waals surface area contributed by atoms with Gasteiger partial charge >= 0.3 is 0 Å². The Bertz CT molecular complexity index is 67.5. The van der Waals surface area contributed by atoms with E-state index >= 15 is 0 Å². The number of hydrogen-bond donors (Lipinski definition) is 1. The van der Waals surface area contributed by atoms with Gasteiger partial charge in [0.05, 0.1) is 12.3 Å². The molecule has 0 aromatic rings. The molecule has 5 heavy (non-hydrogen) atoms. The van der Waals surface area contributed by atoms with Gasteiger partial charge in [-0.2, -0.15) is 5.26 Å². The summed E-state index contributed by atoms with van der Waals surface area (Å²) in [5, 5.41) is 7.62. The lowest BCUT2D eigenvalue weighted by molar-refractivity contribution is 1.48. The third-order valence-electron chi connectivity index (χ3n) is 0.148. The molecule has 0 saturated heterocycles. The number of nitrogens with zero attached hydrogens (tertiary/aromatic N) is 1. The highest BCUT2D eigenvalue weighted by Gasteiger charge is 1.47. The van der Waals surface area contributed by atoms with Crippen molar-refractivity contribution in [3.05, 3.63) is 12.3 Å². The Labute approximate surface area is 30.5 Å². The normalized spacial score (nSPS) is 7.80. The summed E-state index contributed by atoms with van der Waals surface area (Å²) in [5.41, 5.74) is 4.61. The van der Waals surface area contributed by atoms with Crippen LogP contribution in [0, 0.1) is 17.5 Å². The molecule has 0 atom stereocenters. The quantitative estimate of drug-likeness (QED) is 0.314. The van der Waals surface area contributed by atoms with Gasteiger partial charge in [-0.05, 0) is 0 Å². The lowest BCUT2D eigenvalue weighted by atomic mass is 10.7. The minimum Gasteiger partial charge on any atom is -0.396 e. The van der Waals surface area contributed by atoms with Crippen LogP contribution in [0.2, 0.25) is 0 Å². The first-order chi connectivity index (χ1) is 2.41. The minimum absolute atomic E-state index is 1.08. The largest absolute Gasteiger partial charge is 0.396 e. The van der Waals surface area contributed by atoms with Crippen LogP contribution in [0.15, 0.2) is 6.08 Å². The summed E-state index contributed by atoms with van der Waals surface area (Å²) in [6.45, 7) is 0. The van der Waals surface area contributed by atoms with E-state index in [4.69, 9.17) is 5.26 Å². The van der Waals surface area contributed by atoms with Crippen LogP contribution < -0.4 is 5.73 Å². The summed E-state index contributed by atoms with van der Waals surface area (Å²) in [5.74, 6) is 0. The fourth-order valence-electron chi connectivity index (χ4n) is 0.0373. The number of nitrogens with two attached hydrogens (primary N) is 1. The summed E-state index contributed by atoms with van der Waals surface area (Å²) >= 11 is 0. The Kier molecular flexibility index (Phi) is 2.44. The van der Waals surface area contributed by atoms with Gasteiger partial charge in [-0.25, -0.2) is 0 Å². The Morgan fingerprint density at radius 1 is 1.80 bits per heavy atom.